The van der Waals surface area contributed by atoms with Crippen LogP contribution in [-0.2, 0) is 18.4 Å². The molecule has 0 aliphatic carbocycles. The highest BCUT2D eigenvalue weighted by Crippen LogP contribution is 2.19. The Bertz CT molecular complexity index is 1160. The van der Waals surface area contributed by atoms with E-state index in [-0.39, 0.29) is 12.3 Å². The van der Waals surface area contributed by atoms with Gasteiger partial charge in [0, 0.05) is 29.6 Å². The summed E-state index contributed by atoms with van der Waals surface area (Å²) >= 11 is 6.22. The number of benzene rings is 2. The number of hydrogen-bond donors (Lipinski definition) is 0. The van der Waals surface area contributed by atoms with E-state index in [4.69, 9.17) is 16.3 Å². The Morgan fingerprint density at radius 1 is 1.13 bits per heavy atom. The van der Waals surface area contributed by atoms with Gasteiger partial charge in [-0.25, -0.2) is 4.79 Å². The highest BCUT2D eigenvalue weighted by Gasteiger charge is 2.14. The molecule has 0 spiro atoms. The summed E-state index contributed by atoms with van der Waals surface area (Å²) in [6, 6.07) is 13.1. The topological polar surface area (TPSA) is 86.7 Å². The second-order valence-corrected chi connectivity index (χ2v) is 7.08. The van der Waals surface area contributed by atoms with Crippen molar-refractivity contribution < 1.29 is 4.74 Å². The van der Waals surface area contributed by atoms with Gasteiger partial charge in [0.05, 0.1) is 11.4 Å². The zero-order valence-electron chi connectivity index (χ0n) is 17.3. The van der Waals surface area contributed by atoms with Crippen LogP contribution >= 0.6 is 11.6 Å². The summed E-state index contributed by atoms with van der Waals surface area (Å²) in [5.74, 6) is 0.474. The highest BCUT2D eigenvalue weighted by atomic mass is 35.5. The van der Waals surface area contributed by atoms with Crippen LogP contribution in [0.1, 0.15) is 37.0 Å². The predicted octanol–water partition coefficient (Wildman–Crippen LogP) is 3.68. The Morgan fingerprint density at radius 3 is 2.57 bits per heavy atom. The van der Waals surface area contributed by atoms with E-state index in [1.807, 2.05) is 63.2 Å². The van der Waals surface area contributed by atoms with E-state index in [0.29, 0.717) is 28.7 Å². The quantitative estimate of drug-likeness (QED) is 0.342. The normalized spacial score (nSPS) is 12.3. The molecule has 0 aliphatic heterocycles. The Kier molecular flexibility index (Phi) is 6.79. The number of hydrogen-bond acceptors (Lipinski definition) is 6. The van der Waals surface area contributed by atoms with Gasteiger partial charge in [0.15, 0.2) is 0 Å². The van der Waals surface area contributed by atoms with E-state index in [0.717, 1.165) is 16.7 Å². The number of rotatable bonds is 6. The molecule has 2 aromatic carbocycles. The van der Waals surface area contributed by atoms with Crippen LogP contribution < -0.4 is 5.69 Å². The fourth-order valence-corrected chi connectivity index (χ4v) is 3.11. The van der Waals surface area contributed by atoms with Crippen LogP contribution in [0.3, 0.4) is 0 Å². The molecule has 0 saturated carbocycles. The van der Waals surface area contributed by atoms with Crippen molar-refractivity contribution in [2.24, 2.45) is 17.3 Å². The Labute approximate surface area is 179 Å². The minimum atomic E-state index is -0.328. The van der Waals surface area contributed by atoms with Gasteiger partial charge in [-0.1, -0.05) is 48.9 Å². The first-order chi connectivity index (χ1) is 14.4. The van der Waals surface area contributed by atoms with Crippen molar-refractivity contribution in [3.63, 3.8) is 0 Å². The van der Waals surface area contributed by atoms with E-state index in [1.165, 1.54) is 9.36 Å². The highest BCUT2D eigenvalue weighted by molar-refractivity contribution is 6.34. The van der Waals surface area contributed by atoms with Gasteiger partial charge in [-0.05, 0) is 42.0 Å². The first-order valence-electron chi connectivity index (χ1n) is 9.49. The smallest absolute Gasteiger partial charge is 0.368 e. The number of nitrogens with zero attached hydrogens (tertiary/aromatic N) is 6. The molecule has 1 heterocycles. The van der Waals surface area contributed by atoms with Gasteiger partial charge < -0.3 is 4.74 Å². The molecule has 0 aliphatic rings. The standard InChI is InChI=1S/C21H23ClN6O2/c1-5-20(24-23-15(3)16-10-6-7-11-18(16)22)30-13-17-14(2)9-8-12-19(17)28-21(29)27(4)25-26-28/h6-12H,5,13H2,1-4H3/b23-15-,24-20-. The van der Waals surface area contributed by atoms with E-state index in [2.05, 4.69) is 20.6 Å². The summed E-state index contributed by atoms with van der Waals surface area (Å²) in [6.07, 6.45) is 0.561. The molecule has 0 radical (unpaired) electrons. The lowest BCUT2D eigenvalue weighted by Crippen LogP contribution is -2.23. The van der Waals surface area contributed by atoms with Crippen LogP contribution in [0.5, 0.6) is 0 Å². The van der Waals surface area contributed by atoms with Crippen LogP contribution in [-0.4, -0.2) is 31.4 Å². The van der Waals surface area contributed by atoms with Gasteiger partial charge in [0.25, 0.3) is 0 Å². The molecule has 8 nitrogen and oxygen atoms in total. The van der Waals surface area contributed by atoms with Gasteiger partial charge in [0.1, 0.15) is 6.61 Å². The predicted molar refractivity (Wildman–Crippen MR) is 118 cm³/mol. The van der Waals surface area contributed by atoms with Crippen molar-refractivity contribution in [3.8, 4) is 5.69 Å². The Morgan fingerprint density at radius 2 is 1.90 bits per heavy atom. The summed E-state index contributed by atoms with van der Waals surface area (Å²) in [7, 11) is 1.55. The fraction of sp³-hybridized carbons (Fsp3) is 0.286. The second kappa shape index (κ2) is 9.49. The number of halogens is 1. The monoisotopic (exact) mass is 426 g/mol. The second-order valence-electron chi connectivity index (χ2n) is 6.67. The average molecular weight is 427 g/mol. The van der Waals surface area contributed by atoms with Crippen LogP contribution in [0.25, 0.3) is 5.69 Å². The van der Waals surface area contributed by atoms with Crippen molar-refractivity contribution in [1.82, 2.24) is 19.8 Å². The molecular weight excluding hydrogens is 404 g/mol. The minimum absolute atomic E-state index is 0.221. The van der Waals surface area contributed by atoms with Crippen molar-refractivity contribution in [1.29, 1.82) is 0 Å². The van der Waals surface area contributed by atoms with Crippen molar-refractivity contribution in [2.75, 3.05) is 0 Å². The third kappa shape index (κ3) is 4.65. The van der Waals surface area contributed by atoms with Crippen LogP contribution in [0.2, 0.25) is 5.02 Å². The van der Waals surface area contributed by atoms with E-state index in [9.17, 15) is 4.79 Å². The maximum atomic E-state index is 12.3. The number of ether oxygens (including phenoxy) is 1. The molecule has 3 aromatic rings. The molecule has 0 bridgehead atoms. The Balaban J connectivity index is 1.84. The van der Waals surface area contributed by atoms with Crippen LogP contribution in [0.15, 0.2) is 57.5 Å². The van der Waals surface area contributed by atoms with E-state index < -0.39 is 0 Å². The van der Waals surface area contributed by atoms with E-state index >= 15 is 0 Å². The molecule has 9 heteroatoms. The molecule has 156 valence electrons. The van der Waals surface area contributed by atoms with Crippen molar-refractivity contribution >= 4 is 23.2 Å². The number of aromatic nitrogens is 4. The molecule has 0 unspecified atom stereocenters. The molecule has 30 heavy (non-hydrogen) atoms. The molecule has 0 saturated heterocycles. The lowest BCUT2D eigenvalue weighted by Gasteiger charge is -2.13. The zero-order valence-corrected chi connectivity index (χ0v) is 18.1. The van der Waals surface area contributed by atoms with E-state index in [1.54, 1.807) is 7.05 Å². The summed E-state index contributed by atoms with van der Waals surface area (Å²) < 4.78 is 8.36. The summed E-state index contributed by atoms with van der Waals surface area (Å²) in [5, 5.41) is 16.9. The van der Waals surface area contributed by atoms with Gasteiger partial charge in [-0.2, -0.15) is 14.5 Å². The molecule has 1 aromatic heterocycles. The largest absolute Gasteiger partial charge is 0.475 e. The van der Waals surface area contributed by atoms with Crippen LogP contribution in [0.4, 0.5) is 0 Å². The molecule has 3 rings (SSSR count). The number of aryl methyl sites for hydroxylation is 2. The molecular formula is C21H23ClN6O2. The summed E-state index contributed by atoms with van der Waals surface area (Å²) in [4.78, 5) is 12.3. The van der Waals surface area contributed by atoms with Gasteiger partial charge in [0.2, 0.25) is 5.90 Å². The Hall–Kier alpha value is -3.26. The summed E-state index contributed by atoms with van der Waals surface area (Å²) in [6.45, 7) is 5.95. The first kappa shape index (κ1) is 21.4. The molecule has 0 fully saturated rings. The van der Waals surface area contributed by atoms with Gasteiger partial charge in [-0.15, -0.1) is 5.10 Å². The lowest BCUT2D eigenvalue weighted by atomic mass is 10.1. The third-order valence-corrected chi connectivity index (χ3v) is 4.93. The maximum absolute atomic E-state index is 12.3. The maximum Gasteiger partial charge on any atom is 0.368 e. The molecule has 0 amide bonds. The van der Waals surface area contributed by atoms with Gasteiger partial charge in [-0.3, -0.25) is 0 Å². The van der Waals surface area contributed by atoms with Crippen LogP contribution in [0, 0.1) is 6.92 Å². The minimum Gasteiger partial charge on any atom is -0.475 e. The number of tetrazole rings is 1. The molecule has 0 N–H and O–H groups in total. The van der Waals surface area contributed by atoms with Crippen molar-refractivity contribution in [3.05, 3.63) is 74.7 Å². The van der Waals surface area contributed by atoms with Gasteiger partial charge >= 0.3 is 5.69 Å². The SMILES string of the molecule is CC/C(=N/N=C(/C)c1ccccc1Cl)OCc1c(C)cccc1-n1nnn(C)c1=O. The first-order valence-corrected chi connectivity index (χ1v) is 9.86. The zero-order chi connectivity index (χ0) is 21.7. The molecule has 0 atom stereocenters. The summed E-state index contributed by atoms with van der Waals surface area (Å²) in [5.41, 5.74) is 3.61. The fourth-order valence-electron chi connectivity index (χ4n) is 2.83. The lowest BCUT2D eigenvalue weighted by molar-refractivity contribution is 0.282. The average Bonchev–Trinajstić information content (AvgIpc) is 3.07. The third-order valence-electron chi connectivity index (χ3n) is 4.60. The van der Waals surface area contributed by atoms with Crippen molar-refractivity contribution in [2.45, 2.75) is 33.8 Å².